The lowest BCUT2D eigenvalue weighted by Gasteiger charge is -2.38. The van der Waals surface area contributed by atoms with Crippen molar-refractivity contribution in [1.29, 1.82) is 0 Å². The van der Waals surface area contributed by atoms with Crippen LogP contribution < -0.4 is 9.62 Å². The van der Waals surface area contributed by atoms with E-state index in [1.807, 2.05) is 32.0 Å². The highest BCUT2D eigenvalue weighted by molar-refractivity contribution is 7.92. The van der Waals surface area contributed by atoms with Gasteiger partial charge in [-0.1, -0.05) is 18.2 Å². The number of rotatable bonds is 11. The fourth-order valence-electron chi connectivity index (χ4n) is 5.73. The van der Waals surface area contributed by atoms with Crippen LogP contribution in [-0.4, -0.2) is 66.4 Å². The Labute approximate surface area is 230 Å². The second-order valence-corrected chi connectivity index (χ2v) is 13.0. The number of anilines is 2. The zero-order valence-electron chi connectivity index (χ0n) is 22.9. The summed E-state index contributed by atoms with van der Waals surface area (Å²) in [6, 6.07) is 10.8. The molecule has 0 radical (unpaired) electrons. The molecule has 1 saturated heterocycles. The van der Waals surface area contributed by atoms with E-state index in [-0.39, 0.29) is 55.2 Å². The summed E-state index contributed by atoms with van der Waals surface area (Å²) in [5.41, 5.74) is 0.600. The van der Waals surface area contributed by atoms with Crippen LogP contribution >= 0.6 is 0 Å². The van der Waals surface area contributed by atoms with Crippen LogP contribution in [0.25, 0.3) is 0 Å². The van der Waals surface area contributed by atoms with Crippen molar-refractivity contribution in [2.24, 2.45) is 11.8 Å². The first kappa shape index (κ1) is 29.5. The van der Waals surface area contributed by atoms with Crippen molar-refractivity contribution in [3.63, 3.8) is 0 Å². The van der Waals surface area contributed by atoms with Crippen LogP contribution in [0.15, 0.2) is 42.6 Å². The van der Waals surface area contributed by atoms with Crippen LogP contribution in [0.5, 0.6) is 0 Å². The zero-order valence-corrected chi connectivity index (χ0v) is 23.8. The van der Waals surface area contributed by atoms with E-state index >= 15 is 0 Å². The number of amides is 1. The molecule has 0 bridgehead atoms. The fourth-order valence-corrected chi connectivity index (χ4v) is 7.72. The number of piperidine rings is 1. The van der Waals surface area contributed by atoms with Gasteiger partial charge in [0.15, 0.2) is 0 Å². The molecule has 0 spiro atoms. The Morgan fingerprint density at radius 2 is 1.77 bits per heavy atom. The van der Waals surface area contributed by atoms with Gasteiger partial charge in [-0.25, -0.2) is 21.9 Å². The van der Waals surface area contributed by atoms with Gasteiger partial charge in [-0.2, -0.15) is 5.10 Å². The summed E-state index contributed by atoms with van der Waals surface area (Å²) in [4.78, 5) is 14.9. The van der Waals surface area contributed by atoms with Gasteiger partial charge in [-0.05, 0) is 76.6 Å². The lowest BCUT2D eigenvalue weighted by molar-refractivity contribution is -0.117. The van der Waals surface area contributed by atoms with E-state index in [1.54, 1.807) is 29.1 Å². The Morgan fingerprint density at radius 1 is 1.10 bits per heavy atom. The topological polar surface area (TPSA) is 87.5 Å². The minimum absolute atomic E-state index is 0.0153. The Morgan fingerprint density at radius 3 is 2.41 bits per heavy atom. The Hall–Kier alpha value is -2.53. The molecule has 1 atom stereocenters. The van der Waals surface area contributed by atoms with E-state index in [9.17, 15) is 22.0 Å². The third-order valence-corrected chi connectivity index (χ3v) is 10.0. The van der Waals surface area contributed by atoms with Gasteiger partial charge in [-0.3, -0.25) is 14.0 Å². The third-order valence-electron chi connectivity index (χ3n) is 8.12. The van der Waals surface area contributed by atoms with Gasteiger partial charge >= 0.3 is 0 Å². The lowest BCUT2D eigenvalue weighted by atomic mass is 9.88. The monoisotopic (exact) mass is 565 g/mol. The Balaban J connectivity index is 1.33. The minimum atomic E-state index is -3.70. The van der Waals surface area contributed by atoms with Crippen LogP contribution in [0.1, 0.15) is 58.8 Å². The maximum absolute atomic E-state index is 13.6. The molecule has 1 N–H and O–H groups in total. The molecule has 1 aliphatic carbocycles. The summed E-state index contributed by atoms with van der Waals surface area (Å²) < 4.78 is 57.7. The number of para-hydroxylation sites is 1. The van der Waals surface area contributed by atoms with Crippen LogP contribution in [0.2, 0.25) is 0 Å². The average molecular weight is 566 g/mol. The molecule has 2 aromatic rings. The third kappa shape index (κ3) is 8.00. The van der Waals surface area contributed by atoms with E-state index in [0.717, 1.165) is 25.9 Å². The van der Waals surface area contributed by atoms with E-state index in [4.69, 9.17) is 0 Å². The van der Waals surface area contributed by atoms with Crippen molar-refractivity contribution in [3.8, 4) is 0 Å². The molecule has 216 valence electrons. The number of sulfonamides is 1. The highest BCUT2D eigenvalue weighted by Gasteiger charge is 2.38. The Kier molecular flexibility index (Phi) is 9.64. The van der Waals surface area contributed by atoms with Crippen LogP contribution in [-0.2, 0) is 21.4 Å². The van der Waals surface area contributed by atoms with Gasteiger partial charge in [0.25, 0.3) is 0 Å². The van der Waals surface area contributed by atoms with Gasteiger partial charge in [0, 0.05) is 44.5 Å². The SMILES string of the molecule is CCn1nccc1NC(=O)CC1CCN([C@H](C)CN(c2ccccc2)S(=O)(=O)CC2CCC(F)(F)CC2)CC1. The highest BCUT2D eigenvalue weighted by Crippen LogP contribution is 2.37. The summed E-state index contributed by atoms with van der Waals surface area (Å²) in [5, 5.41) is 7.14. The number of likely N-dealkylation sites (tertiary alicyclic amines) is 1. The van der Waals surface area contributed by atoms with Crippen LogP contribution in [0, 0.1) is 11.8 Å². The van der Waals surface area contributed by atoms with E-state index in [2.05, 4.69) is 15.3 Å². The van der Waals surface area contributed by atoms with Gasteiger partial charge in [-0.15, -0.1) is 0 Å². The highest BCUT2D eigenvalue weighted by atomic mass is 32.2. The maximum atomic E-state index is 13.6. The molecule has 4 rings (SSSR count). The normalized spacial score (nSPS) is 20.0. The van der Waals surface area contributed by atoms with Crippen molar-refractivity contribution >= 4 is 27.4 Å². The van der Waals surface area contributed by atoms with Crippen molar-refractivity contribution in [3.05, 3.63) is 42.6 Å². The number of alkyl halides is 2. The number of carbonyl (C=O) groups is 1. The molecule has 1 saturated carbocycles. The zero-order chi connectivity index (χ0) is 28.0. The standard InChI is InChI=1S/C28H41F2N5O3S/c1-3-34-26(11-16-31-34)32-27(36)19-23-12-17-33(18-13-23)22(2)20-35(25-7-5-4-6-8-25)39(37,38)21-24-9-14-28(29,30)15-10-24/h4-8,11,16,22-24H,3,9-10,12-15,17-21H2,1-2H3,(H,32,36)/t22-/m1/s1. The van der Waals surface area contributed by atoms with E-state index in [0.29, 0.717) is 31.0 Å². The number of benzene rings is 1. The summed E-state index contributed by atoms with van der Waals surface area (Å²) in [6.45, 7) is 6.55. The number of aromatic nitrogens is 2. The van der Waals surface area contributed by atoms with Crippen molar-refractivity contribution in [2.45, 2.75) is 77.3 Å². The molecule has 0 unspecified atom stereocenters. The number of carbonyl (C=O) groups excluding carboxylic acids is 1. The molecule has 2 heterocycles. The molecular weight excluding hydrogens is 524 g/mol. The number of nitrogens with one attached hydrogen (secondary N) is 1. The first-order valence-corrected chi connectivity index (χ1v) is 15.7. The number of hydrogen-bond acceptors (Lipinski definition) is 5. The smallest absolute Gasteiger partial charge is 0.248 e. The second kappa shape index (κ2) is 12.8. The van der Waals surface area contributed by atoms with E-state index in [1.165, 1.54) is 4.31 Å². The minimum Gasteiger partial charge on any atom is -0.311 e. The molecule has 11 heteroatoms. The molecule has 2 aliphatic rings. The molecule has 1 amide bonds. The maximum Gasteiger partial charge on any atom is 0.248 e. The van der Waals surface area contributed by atoms with Gasteiger partial charge < -0.3 is 5.32 Å². The Bertz CT molecular complexity index is 1170. The molecule has 39 heavy (non-hydrogen) atoms. The summed E-state index contributed by atoms with van der Waals surface area (Å²) in [6.07, 6.45) is 3.80. The molecule has 1 aliphatic heterocycles. The lowest BCUT2D eigenvalue weighted by Crippen LogP contribution is -2.48. The van der Waals surface area contributed by atoms with Crippen LogP contribution in [0.4, 0.5) is 20.3 Å². The first-order valence-electron chi connectivity index (χ1n) is 14.1. The molecular formula is C28H41F2N5O3S. The number of nitrogens with zero attached hydrogens (tertiary/aromatic N) is 4. The largest absolute Gasteiger partial charge is 0.311 e. The van der Waals surface area contributed by atoms with Gasteiger partial charge in [0.05, 0.1) is 17.6 Å². The quantitative estimate of drug-likeness (QED) is 0.415. The summed E-state index contributed by atoms with van der Waals surface area (Å²) in [5.74, 6) is -2.09. The van der Waals surface area contributed by atoms with Crippen LogP contribution in [0.3, 0.4) is 0 Å². The van der Waals surface area contributed by atoms with Crippen molar-refractivity contribution in [2.75, 3.05) is 35.0 Å². The molecule has 1 aromatic heterocycles. The molecule has 8 nitrogen and oxygen atoms in total. The predicted molar refractivity (Wildman–Crippen MR) is 149 cm³/mol. The number of halogens is 2. The predicted octanol–water partition coefficient (Wildman–Crippen LogP) is 4.99. The van der Waals surface area contributed by atoms with Crippen molar-refractivity contribution in [1.82, 2.24) is 14.7 Å². The van der Waals surface area contributed by atoms with Crippen molar-refractivity contribution < 1.29 is 22.0 Å². The molecule has 2 fully saturated rings. The second-order valence-electron chi connectivity index (χ2n) is 11.1. The summed E-state index contributed by atoms with van der Waals surface area (Å²) in [7, 11) is -3.70. The number of hydrogen-bond donors (Lipinski definition) is 1. The first-order chi connectivity index (χ1) is 18.6. The molecule has 1 aromatic carbocycles. The fraction of sp³-hybridized carbons (Fsp3) is 0.643. The van der Waals surface area contributed by atoms with E-state index < -0.39 is 15.9 Å². The summed E-state index contributed by atoms with van der Waals surface area (Å²) >= 11 is 0. The van der Waals surface area contributed by atoms with Gasteiger partial charge in [0.1, 0.15) is 5.82 Å². The number of aryl methyl sites for hydroxylation is 1. The average Bonchev–Trinajstić information content (AvgIpc) is 3.36. The van der Waals surface area contributed by atoms with Gasteiger partial charge in [0.2, 0.25) is 21.9 Å².